The number of furan rings is 1. The van der Waals surface area contributed by atoms with Gasteiger partial charge in [-0.15, -0.1) is 0 Å². The number of halogens is 1. The third-order valence-electron chi connectivity index (χ3n) is 2.59. The van der Waals surface area contributed by atoms with Crippen LogP contribution in [-0.4, -0.2) is 4.98 Å². The number of hydrogen-bond acceptors (Lipinski definition) is 3. The molecular formula is C13H15ClN2O. The lowest BCUT2D eigenvalue weighted by molar-refractivity contribution is 0.483. The zero-order valence-electron chi connectivity index (χ0n) is 9.74. The van der Waals surface area contributed by atoms with E-state index in [2.05, 4.69) is 23.3 Å². The van der Waals surface area contributed by atoms with Crippen molar-refractivity contribution in [3.05, 3.63) is 52.7 Å². The van der Waals surface area contributed by atoms with Gasteiger partial charge in [0.05, 0.1) is 12.2 Å². The molecule has 0 aromatic carbocycles. The average molecular weight is 251 g/mol. The topological polar surface area (TPSA) is 38.1 Å². The number of nitrogens with zero attached hydrogens (tertiary/aromatic N) is 1. The molecule has 2 aromatic heterocycles. The molecule has 3 nitrogen and oxygen atoms in total. The van der Waals surface area contributed by atoms with Gasteiger partial charge >= 0.3 is 0 Å². The van der Waals surface area contributed by atoms with Gasteiger partial charge in [-0.1, -0.05) is 13.0 Å². The predicted molar refractivity (Wildman–Crippen MR) is 67.9 cm³/mol. The second-order valence-corrected chi connectivity index (χ2v) is 4.14. The van der Waals surface area contributed by atoms with Crippen molar-refractivity contribution < 1.29 is 4.42 Å². The zero-order chi connectivity index (χ0) is 12.1. The first-order valence-corrected chi connectivity index (χ1v) is 6.05. The molecule has 0 unspecified atom stereocenters. The molecule has 1 N–H and O–H groups in total. The number of pyridine rings is 1. The molecule has 0 radical (unpaired) electrons. The summed E-state index contributed by atoms with van der Waals surface area (Å²) in [6, 6.07) is 7.69. The average Bonchev–Trinajstić information content (AvgIpc) is 2.76. The standard InChI is InChI=1S/C13H15ClN2O/c1-2-10-4-3-7-16-12(10)9-15-8-11-5-6-13(14)17-11/h3-7,15H,2,8-9H2,1H3. The fourth-order valence-corrected chi connectivity index (χ4v) is 1.87. The van der Waals surface area contributed by atoms with Gasteiger partial charge in [0, 0.05) is 12.7 Å². The number of aromatic nitrogens is 1. The van der Waals surface area contributed by atoms with Crippen LogP contribution in [-0.2, 0) is 19.5 Å². The van der Waals surface area contributed by atoms with Gasteiger partial charge in [0.2, 0.25) is 0 Å². The summed E-state index contributed by atoms with van der Waals surface area (Å²) in [6.07, 6.45) is 2.82. The molecule has 4 heteroatoms. The number of hydrogen-bond donors (Lipinski definition) is 1. The van der Waals surface area contributed by atoms with Crippen molar-refractivity contribution in [1.29, 1.82) is 0 Å². The highest BCUT2D eigenvalue weighted by molar-refractivity contribution is 6.28. The van der Waals surface area contributed by atoms with Crippen LogP contribution in [0.4, 0.5) is 0 Å². The van der Waals surface area contributed by atoms with Gasteiger partial charge in [0.1, 0.15) is 5.76 Å². The van der Waals surface area contributed by atoms with E-state index >= 15 is 0 Å². The summed E-state index contributed by atoms with van der Waals surface area (Å²) in [5.74, 6) is 0.837. The maximum absolute atomic E-state index is 5.70. The first kappa shape index (κ1) is 12.1. The van der Waals surface area contributed by atoms with Crippen molar-refractivity contribution >= 4 is 11.6 Å². The summed E-state index contributed by atoms with van der Waals surface area (Å²) in [6.45, 7) is 3.53. The highest BCUT2D eigenvalue weighted by atomic mass is 35.5. The van der Waals surface area contributed by atoms with Crippen LogP contribution < -0.4 is 5.32 Å². The Balaban J connectivity index is 1.89. The van der Waals surface area contributed by atoms with E-state index in [-0.39, 0.29) is 0 Å². The van der Waals surface area contributed by atoms with E-state index in [4.69, 9.17) is 16.0 Å². The van der Waals surface area contributed by atoms with E-state index in [1.165, 1.54) is 5.56 Å². The fraction of sp³-hybridized carbons (Fsp3) is 0.308. The molecule has 0 aliphatic heterocycles. The van der Waals surface area contributed by atoms with Crippen molar-refractivity contribution in [3.63, 3.8) is 0 Å². The normalized spacial score (nSPS) is 10.7. The lowest BCUT2D eigenvalue weighted by Crippen LogP contribution is -2.14. The summed E-state index contributed by atoms with van der Waals surface area (Å²) < 4.78 is 5.26. The molecule has 2 heterocycles. The zero-order valence-corrected chi connectivity index (χ0v) is 10.5. The van der Waals surface area contributed by atoms with Crippen LogP contribution in [0.15, 0.2) is 34.9 Å². The van der Waals surface area contributed by atoms with Crippen molar-refractivity contribution in [2.75, 3.05) is 0 Å². The second kappa shape index (κ2) is 5.84. The third kappa shape index (κ3) is 3.32. The Labute approximate surface area is 106 Å². The highest BCUT2D eigenvalue weighted by Crippen LogP contribution is 2.13. The van der Waals surface area contributed by atoms with Gasteiger partial charge in [-0.05, 0) is 41.8 Å². The lowest BCUT2D eigenvalue weighted by Gasteiger charge is -2.06. The fourth-order valence-electron chi connectivity index (χ4n) is 1.70. The van der Waals surface area contributed by atoms with Gasteiger partial charge < -0.3 is 9.73 Å². The van der Waals surface area contributed by atoms with Crippen LogP contribution in [0.5, 0.6) is 0 Å². The Morgan fingerprint density at radius 3 is 2.88 bits per heavy atom. The van der Waals surface area contributed by atoms with E-state index in [9.17, 15) is 0 Å². The highest BCUT2D eigenvalue weighted by Gasteiger charge is 2.02. The molecule has 0 aliphatic carbocycles. The smallest absolute Gasteiger partial charge is 0.193 e. The maximum atomic E-state index is 5.70. The minimum Gasteiger partial charge on any atom is -0.448 e. The molecular weight excluding hydrogens is 236 g/mol. The largest absolute Gasteiger partial charge is 0.448 e. The Kier molecular flexibility index (Phi) is 4.18. The Bertz CT molecular complexity index is 482. The lowest BCUT2D eigenvalue weighted by atomic mass is 10.1. The Hall–Kier alpha value is -1.32. The van der Waals surface area contributed by atoms with E-state index in [0.29, 0.717) is 11.8 Å². The van der Waals surface area contributed by atoms with Crippen LogP contribution in [0.3, 0.4) is 0 Å². The van der Waals surface area contributed by atoms with Crippen LogP contribution in [0, 0.1) is 0 Å². The van der Waals surface area contributed by atoms with Crippen molar-refractivity contribution in [2.45, 2.75) is 26.4 Å². The van der Waals surface area contributed by atoms with Gasteiger partial charge in [-0.3, -0.25) is 4.98 Å². The summed E-state index contributed by atoms with van der Waals surface area (Å²) in [5.41, 5.74) is 2.37. The van der Waals surface area contributed by atoms with Crippen molar-refractivity contribution in [3.8, 4) is 0 Å². The van der Waals surface area contributed by atoms with Gasteiger partial charge in [0.25, 0.3) is 0 Å². The van der Waals surface area contributed by atoms with Gasteiger partial charge in [-0.2, -0.15) is 0 Å². The van der Waals surface area contributed by atoms with E-state index in [0.717, 1.165) is 24.4 Å². The first-order chi connectivity index (χ1) is 8.29. The third-order valence-corrected chi connectivity index (χ3v) is 2.79. The second-order valence-electron chi connectivity index (χ2n) is 3.77. The summed E-state index contributed by atoms with van der Waals surface area (Å²) in [7, 11) is 0. The number of rotatable bonds is 5. The molecule has 0 amide bonds. The molecule has 2 aromatic rings. The summed E-state index contributed by atoms with van der Waals surface area (Å²) in [4.78, 5) is 4.37. The molecule has 90 valence electrons. The molecule has 0 saturated heterocycles. The minimum atomic E-state index is 0.425. The molecule has 0 aliphatic rings. The van der Waals surface area contributed by atoms with Crippen LogP contribution in [0.1, 0.15) is 23.9 Å². The molecule has 0 bridgehead atoms. The summed E-state index contributed by atoms with van der Waals surface area (Å²) in [5, 5.41) is 3.72. The molecule has 0 saturated carbocycles. The molecule has 0 fully saturated rings. The number of aryl methyl sites for hydroxylation is 1. The van der Waals surface area contributed by atoms with Crippen LogP contribution in [0.2, 0.25) is 5.22 Å². The van der Waals surface area contributed by atoms with Gasteiger partial charge in [0.15, 0.2) is 5.22 Å². The first-order valence-electron chi connectivity index (χ1n) is 5.67. The van der Waals surface area contributed by atoms with Crippen molar-refractivity contribution in [1.82, 2.24) is 10.3 Å². The monoisotopic (exact) mass is 250 g/mol. The molecule has 17 heavy (non-hydrogen) atoms. The predicted octanol–water partition coefficient (Wildman–Crippen LogP) is 3.18. The maximum Gasteiger partial charge on any atom is 0.193 e. The number of nitrogens with one attached hydrogen (secondary N) is 1. The van der Waals surface area contributed by atoms with Crippen LogP contribution >= 0.6 is 11.6 Å². The summed E-state index contributed by atoms with van der Waals surface area (Å²) >= 11 is 5.70. The van der Waals surface area contributed by atoms with E-state index in [1.54, 1.807) is 6.07 Å². The Morgan fingerprint density at radius 2 is 2.18 bits per heavy atom. The SMILES string of the molecule is CCc1cccnc1CNCc1ccc(Cl)o1. The molecule has 0 atom stereocenters. The van der Waals surface area contributed by atoms with E-state index in [1.807, 2.05) is 18.3 Å². The quantitative estimate of drug-likeness (QED) is 0.886. The minimum absolute atomic E-state index is 0.425. The van der Waals surface area contributed by atoms with E-state index < -0.39 is 0 Å². The van der Waals surface area contributed by atoms with Crippen molar-refractivity contribution in [2.24, 2.45) is 0 Å². The van der Waals surface area contributed by atoms with Crippen LogP contribution in [0.25, 0.3) is 0 Å². The molecule has 0 spiro atoms. The van der Waals surface area contributed by atoms with Gasteiger partial charge in [-0.25, -0.2) is 0 Å². The Morgan fingerprint density at radius 1 is 1.29 bits per heavy atom. The molecule has 2 rings (SSSR count).